The highest BCUT2D eigenvalue weighted by Crippen LogP contribution is 2.39. The smallest absolute Gasteiger partial charge is 0.118 e. The number of fused-ring (bicyclic) bond motifs is 1. The Morgan fingerprint density at radius 2 is 1.83 bits per heavy atom. The van der Waals surface area contributed by atoms with Crippen LogP contribution in [0.15, 0.2) is 103 Å². The van der Waals surface area contributed by atoms with Crippen molar-refractivity contribution in [2.45, 2.75) is 32.4 Å². The molecule has 5 rings (SSSR count). The second-order valence-electron chi connectivity index (χ2n) is 9.12. The topological polar surface area (TPSA) is 86.5 Å². The Kier molecular flexibility index (Phi) is 12.5. The molecule has 0 aliphatic carbocycles. The molecule has 1 aliphatic heterocycles. The molecule has 214 valence electrons. The number of nitrogens with one attached hydrogen (secondary N) is 1. The van der Waals surface area contributed by atoms with Gasteiger partial charge >= 0.3 is 0 Å². The number of aryl methyl sites for hydroxylation is 1. The van der Waals surface area contributed by atoms with Crippen molar-refractivity contribution in [3.8, 4) is 28.3 Å². The molecule has 1 aliphatic rings. The van der Waals surface area contributed by atoms with Crippen LogP contribution in [0.3, 0.4) is 0 Å². The molecule has 0 spiro atoms. The molecule has 0 radical (unpaired) electrons. The largest absolute Gasteiger partial charge is 0.497 e. The number of ether oxygens (including phenoxy) is 2. The van der Waals surface area contributed by atoms with Gasteiger partial charge < -0.3 is 24.4 Å². The quantitative estimate of drug-likeness (QED) is 0.193. The molecule has 0 saturated heterocycles. The van der Waals surface area contributed by atoms with Crippen LogP contribution >= 0.6 is 0 Å². The average molecular weight is 553 g/mol. The fraction of sp³-hybridized carbons (Fsp3) is 0.273. The molecule has 8 heteroatoms. The molecule has 1 atom stereocenters. The lowest BCUT2D eigenvalue weighted by Gasteiger charge is -2.18. The monoisotopic (exact) mass is 552 g/mol. The standard InChI is InChI=1S/C25H24N4O2.C5H9N.C3H7N/c1-30-22-7-4-18(5-8-22)16-31-17-21-6-9-23-28-24(20-3-2-12-27-15-20)25(29(21)23)19-10-13-26-14-11-19;1-4-5(2)6-3;1-3-4-2/h2-5,7-8,10-15,21H,6,9,16-17H2,1H3;4,6H,1-2H2,3H3;3H,1-2H3/t21-;;/m0../s1. The van der Waals surface area contributed by atoms with E-state index in [-0.39, 0.29) is 6.04 Å². The van der Waals surface area contributed by atoms with E-state index in [1.54, 1.807) is 32.6 Å². The Labute approximate surface area is 243 Å². The van der Waals surface area contributed by atoms with E-state index in [0.29, 0.717) is 13.2 Å². The van der Waals surface area contributed by atoms with E-state index < -0.39 is 0 Å². The van der Waals surface area contributed by atoms with Gasteiger partial charge in [0.05, 0.1) is 37.8 Å². The summed E-state index contributed by atoms with van der Waals surface area (Å²) in [6.45, 7) is 10.1. The molecule has 0 unspecified atom stereocenters. The Morgan fingerprint density at radius 1 is 1.10 bits per heavy atom. The number of pyridine rings is 2. The van der Waals surface area contributed by atoms with Gasteiger partial charge in [-0.25, -0.2) is 4.98 Å². The van der Waals surface area contributed by atoms with Gasteiger partial charge in [0, 0.05) is 62.1 Å². The first-order valence-corrected chi connectivity index (χ1v) is 13.5. The average Bonchev–Trinajstić information content (AvgIpc) is 3.62. The molecule has 0 amide bonds. The summed E-state index contributed by atoms with van der Waals surface area (Å²) in [5, 5.41) is 2.80. The maximum atomic E-state index is 6.13. The number of benzene rings is 1. The first-order chi connectivity index (χ1) is 20.1. The van der Waals surface area contributed by atoms with Crippen molar-refractivity contribution in [3.63, 3.8) is 0 Å². The summed E-state index contributed by atoms with van der Waals surface area (Å²) in [7, 11) is 5.23. The van der Waals surface area contributed by atoms with Crippen LogP contribution in [0, 0.1) is 0 Å². The van der Waals surface area contributed by atoms with Crippen molar-refractivity contribution >= 4 is 6.21 Å². The van der Waals surface area contributed by atoms with Gasteiger partial charge in [-0.3, -0.25) is 9.97 Å². The summed E-state index contributed by atoms with van der Waals surface area (Å²) >= 11 is 0. The van der Waals surface area contributed by atoms with E-state index in [0.717, 1.165) is 58.2 Å². The Balaban J connectivity index is 0.000000400. The molecule has 0 fully saturated rings. The molecule has 0 bridgehead atoms. The number of aromatic nitrogens is 4. The Bertz CT molecular complexity index is 1380. The third-order valence-electron chi connectivity index (χ3n) is 6.50. The first kappa shape index (κ1) is 31.0. The highest BCUT2D eigenvalue weighted by atomic mass is 16.5. The van der Waals surface area contributed by atoms with Gasteiger partial charge in [0.25, 0.3) is 0 Å². The van der Waals surface area contributed by atoms with Crippen LogP contribution in [0.4, 0.5) is 0 Å². The summed E-state index contributed by atoms with van der Waals surface area (Å²) in [6, 6.07) is 16.3. The van der Waals surface area contributed by atoms with E-state index in [4.69, 9.17) is 14.5 Å². The zero-order chi connectivity index (χ0) is 29.5. The molecule has 1 aromatic carbocycles. The molecule has 3 aromatic heterocycles. The van der Waals surface area contributed by atoms with Crippen LogP contribution < -0.4 is 10.1 Å². The molecule has 0 saturated carbocycles. The van der Waals surface area contributed by atoms with Crippen molar-refractivity contribution in [3.05, 3.63) is 110 Å². The van der Waals surface area contributed by atoms with Crippen molar-refractivity contribution in [1.29, 1.82) is 0 Å². The summed E-state index contributed by atoms with van der Waals surface area (Å²) in [5.74, 6) is 1.95. The molecule has 41 heavy (non-hydrogen) atoms. The number of likely N-dealkylation sites (N-methyl/N-ethyl adjacent to an activating group) is 1. The second-order valence-corrected chi connectivity index (χ2v) is 9.12. The SMILES string of the molecule is C=CC(=C)NC.CC=NC.COc1ccc(COC[C@@H]2CCc3nc(-c4cccnc4)c(-c4ccncc4)n32)cc1. The maximum absolute atomic E-state index is 6.13. The molecule has 4 heterocycles. The van der Waals surface area contributed by atoms with Gasteiger partial charge in [0.15, 0.2) is 0 Å². The van der Waals surface area contributed by atoms with Crippen LogP contribution in [-0.2, 0) is 17.8 Å². The highest BCUT2D eigenvalue weighted by molar-refractivity contribution is 5.79. The predicted octanol–water partition coefficient (Wildman–Crippen LogP) is 6.33. The van der Waals surface area contributed by atoms with E-state index in [1.807, 2.05) is 75.0 Å². The van der Waals surface area contributed by atoms with E-state index in [9.17, 15) is 0 Å². The fourth-order valence-electron chi connectivity index (χ4n) is 4.26. The van der Waals surface area contributed by atoms with Crippen molar-refractivity contribution in [2.75, 3.05) is 27.8 Å². The molecular formula is C33H40N6O2. The molecule has 4 aromatic rings. The normalized spacial score (nSPS) is 13.3. The van der Waals surface area contributed by atoms with Crippen LogP contribution in [0.2, 0.25) is 0 Å². The molecule has 1 N–H and O–H groups in total. The Morgan fingerprint density at radius 3 is 2.39 bits per heavy atom. The number of hydrogen-bond acceptors (Lipinski definition) is 7. The lowest BCUT2D eigenvalue weighted by molar-refractivity contribution is 0.0925. The highest BCUT2D eigenvalue weighted by Gasteiger charge is 2.30. The number of allylic oxidation sites excluding steroid dienone is 1. The number of hydrogen-bond donors (Lipinski definition) is 1. The van der Waals surface area contributed by atoms with E-state index >= 15 is 0 Å². The van der Waals surface area contributed by atoms with Crippen molar-refractivity contribution < 1.29 is 9.47 Å². The minimum absolute atomic E-state index is 0.245. The van der Waals surface area contributed by atoms with Gasteiger partial charge in [0.2, 0.25) is 0 Å². The lowest BCUT2D eigenvalue weighted by Crippen LogP contribution is -2.13. The molecule has 8 nitrogen and oxygen atoms in total. The van der Waals surface area contributed by atoms with Crippen LogP contribution in [0.5, 0.6) is 5.75 Å². The predicted molar refractivity (Wildman–Crippen MR) is 167 cm³/mol. The number of rotatable bonds is 9. The van der Waals surface area contributed by atoms with Crippen LogP contribution in [-0.4, -0.2) is 53.5 Å². The van der Waals surface area contributed by atoms with Crippen LogP contribution in [0.25, 0.3) is 22.5 Å². The van der Waals surface area contributed by atoms with Gasteiger partial charge in [0.1, 0.15) is 11.6 Å². The van der Waals surface area contributed by atoms with Gasteiger partial charge in [-0.05, 0) is 67.6 Å². The maximum Gasteiger partial charge on any atom is 0.118 e. The minimum atomic E-state index is 0.245. The number of aliphatic imine (C=N–C) groups is 1. The van der Waals surface area contributed by atoms with E-state index in [2.05, 4.69) is 44.1 Å². The second kappa shape index (κ2) is 16.5. The van der Waals surface area contributed by atoms with Gasteiger partial charge in [-0.1, -0.05) is 25.3 Å². The third-order valence-corrected chi connectivity index (χ3v) is 6.50. The minimum Gasteiger partial charge on any atom is -0.497 e. The zero-order valence-corrected chi connectivity index (χ0v) is 24.5. The summed E-state index contributed by atoms with van der Waals surface area (Å²) in [6.07, 6.45) is 12.7. The summed E-state index contributed by atoms with van der Waals surface area (Å²) < 4.78 is 13.7. The fourth-order valence-corrected chi connectivity index (χ4v) is 4.26. The number of imidazole rings is 1. The van der Waals surface area contributed by atoms with Gasteiger partial charge in [-0.15, -0.1) is 0 Å². The third kappa shape index (κ3) is 8.71. The van der Waals surface area contributed by atoms with Crippen LogP contribution in [0.1, 0.15) is 30.8 Å². The first-order valence-electron chi connectivity index (χ1n) is 13.5. The summed E-state index contributed by atoms with van der Waals surface area (Å²) in [4.78, 5) is 17.1. The summed E-state index contributed by atoms with van der Waals surface area (Å²) in [5.41, 5.74) is 6.20. The zero-order valence-electron chi connectivity index (χ0n) is 24.5. The van der Waals surface area contributed by atoms with Crippen molar-refractivity contribution in [2.24, 2.45) is 4.99 Å². The Hall–Kier alpha value is -4.56. The van der Waals surface area contributed by atoms with E-state index in [1.165, 1.54) is 0 Å². The molecular weight excluding hydrogens is 512 g/mol. The lowest BCUT2D eigenvalue weighted by atomic mass is 10.1. The van der Waals surface area contributed by atoms with Crippen molar-refractivity contribution in [1.82, 2.24) is 24.8 Å². The van der Waals surface area contributed by atoms with Gasteiger partial charge in [-0.2, -0.15) is 0 Å². The number of nitrogens with zero attached hydrogens (tertiary/aromatic N) is 5. The number of methoxy groups -OCH3 is 1.